The number of benzene rings is 2. The summed E-state index contributed by atoms with van der Waals surface area (Å²) in [5.41, 5.74) is 6.59. The Morgan fingerprint density at radius 2 is 1.72 bits per heavy atom. The molecule has 2 rings (SSSR count). The molecule has 0 saturated carbocycles. The maximum Gasteiger partial charge on any atom is 0.147 e. The van der Waals surface area contributed by atoms with Crippen LogP contribution in [0.1, 0.15) is 5.56 Å². The third-order valence-electron chi connectivity index (χ3n) is 2.42. The van der Waals surface area contributed by atoms with Crippen molar-refractivity contribution in [2.45, 2.75) is 6.54 Å². The smallest absolute Gasteiger partial charge is 0.147 e. The molecule has 0 aromatic heterocycles. The highest BCUT2D eigenvalue weighted by atomic mass is 79.9. The van der Waals surface area contributed by atoms with Gasteiger partial charge in [0, 0.05) is 16.6 Å². The number of halogens is 3. The van der Waals surface area contributed by atoms with Crippen molar-refractivity contribution < 1.29 is 4.74 Å². The first-order valence-electron chi connectivity index (χ1n) is 5.23. The quantitative estimate of drug-likeness (QED) is 0.848. The van der Waals surface area contributed by atoms with Crippen LogP contribution >= 0.6 is 39.1 Å². The molecule has 0 unspecified atom stereocenters. The van der Waals surface area contributed by atoms with Crippen LogP contribution in [-0.2, 0) is 6.54 Å². The monoisotopic (exact) mass is 345 g/mol. The second-order valence-electron chi connectivity index (χ2n) is 3.57. The van der Waals surface area contributed by atoms with Gasteiger partial charge < -0.3 is 10.5 Å². The molecule has 0 spiro atoms. The van der Waals surface area contributed by atoms with Gasteiger partial charge in [0.25, 0.3) is 0 Å². The van der Waals surface area contributed by atoms with Crippen molar-refractivity contribution in [2.24, 2.45) is 5.73 Å². The summed E-state index contributed by atoms with van der Waals surface area (Å²) < 4.78 is 6.67. The van der Waals surface area contributed by atoms with Crippen molar-refractivity contribution in [3.8, 4) is 11.5 Å². The van der Waals surface area contributed by atoms with Gasteiger partial charge >= 0.3 is 0 Å². The summed E-state index contributed by atoms with van der Waals surface area (Å²) in [5, 5.41) is 0.848. The molecular weight excluding hydrogens is 337 g/mol. The van der Waals surface area contributed by atoms with Crippen LogP contribution in [0.3, 0.4) is 0 Å². The maximum absolute atomic E-state index is 6.08. The topological polar surface area (TPSA) is 35.2 Å². The molecule has 0 fully saturated rings. The minimum atomic E-state index is 0.370. The van der Waals surface area contributed by atoms with Gasteiger partial charge in [-0.1, -0.05) is 51.3 Å². The fourth-order valence-electron chi connectivity index (χ4n) is 1.51. The van der Waals surface area contributed by atoms with E-state index in [-0.39, 0.29) is 0 Å². The van der Waals surface area contributed by atoms with E-state index in [0.717, 1.165) is 10.0 Å². The molecule has 0 saturated heterocycles. The van der Waals surface area contributed by atoms with E-state index in [1.54, 1.807) is 18.2 Å². The van der Waals surface area contributed by atoms with Crippen LogP contribution < -0.4 is 10.5 Å². The summed E-state index contributed by atoms with van der Waals surface area (Å²) in [7, 11) is 0. The van der Waals surface area contributed by atoms with Gasteiger partial charge in [0.1, 0.15) is 16.5 Å². The number of hydrogen-bond acceptors (Lipinski definition) is 2. The Hall–Kier alpha value is -0.740. The second-order valence-corrected chi connectivity index (χ2v) is 5.21. The highest BCUT2D eigenvalue weighted by Gasteiger charge is 2.10. The Morgan fingerprint density at radius 3 is 2.44 bits per heavy atom. The molecule has 94 valence electrons. The highest BCUT2D eigenvalue weighted by molar-refractivity contribution is 9.10. The fraction of sp³-hybridized carbons (Fsp3) is 0.0769. The van der Waals surface area contributed by atoms with Crippen molar-refractivity contribution in [3.63, 3.8) is 0 Å². The van der Waals surface area contributed by atoms with Gasteiger partial charge in [0.2, 0.25) is 0 Å². The van der Waals surface area contributed by atoms with E-state index in [9.17, 15) is 0 Å². The summed E-state index contributed by atoms with van der Waals surface area (Å²) in [6.45, 7) is 0.370. The van der Waals surface area contributed by atoms with Gasteiger partial charge in [-0.3, -0.25) is 0 Å². The van der Waals surface area contributed by atoms with Crippen LogP contribution in [-0.4, -0.2) is 0 Å². The number of ether oxygens (including phenoxy) is 1. The minimum Gasteiger partial charge on any atom is -0.455 e. The molecule has 2 nitrogen and oxygen atoms in total. The van der Waals surface area contributed by atoms with Gasteiger partial charge in [-0.15, -0.1) is 0 Å². The normalized spacial score (nSPS) is 10.4. The molecule has 18 heavy (non-hydrogen) atoms. The predicted molar refractivity (Wildman–Crippen MR) is 78.6 cm³/mol. The Morgan fingerprint density at radius 1 is 1.06 bits per heavy atom. The van der Waals surface area contributed by atoms with E-state index < -0.39 is 0 Å². The zero-order valence-electron chi connectivity index (χ0n) is 9.29. The van der Waals surface area contributed by atoms with Gasteiger partial charge in [-0.25, -0.2) is 0 Å². The summed E-state index contributed by atoms with van der Waals surface area (Å²) in [5.74, 6) is 1.17. The Balaban J connectivity index is 2.40. The molecule has 2 aromatic rings. The largest absolute Gasteiger partial charge is 0.455 e. The van der Waals surface area contributed by atoms with Crippen LogP contribution in [0.25, 0.3) is 0 Å². The number of nitrogens with two attached hydrogens (primary N) is 1. The van der Waals surface area contributed by atoms with Crippen LogP contribution in [0.4, 0.5) is 0 Å². The summed E-state index contributed by atoms with van der Waals surface area (Å²) >= 11 is 15.5. The standard InChI is InChI=1S/C13H10BrCl2NO/c14-9-3-1-5-11(8(9)7-17)18-12-6-2-4-10(15)13(12)16/h1-6H,7,17H2. The van der Waals surface area contributed by atoms with Crippen molar-refractivity contribution in [1.82, 2.24) is 0 Å². The predicted octanol–water partition coefficient (Wildman–Crippen LogP) is 5.01. The third-order valence-corrected chi connectivity index (χ3v) is 3.96. The summed E-state index contributed by atoms with van der Waals surface area (Å²) in [4.78, 5) is 0. The van der Waals surface area contributed by atoms with Crippen molar-refractivity contribution in [1.29, 1.82) is 0 Å². The lowest BCUT2D eigenvalue weighted by Gasteiger charge is -2.12. The van der Waals surface area contributed by atoms with Crippen LogP contribution in [0.15, 0.2) is 40.9 Å². The first-order chi connectivity index (χ1) is 8.63. The first-order valence-corrected chi connectivity index (χ1v) is 6.77. The van der Waals surface area contributed by atoms with Crippen LogP contribution in [0, 0.1) is 0 Å². The lowest BCUT2D eigenvalue weighted by Crippen LogP contribution is -2.00. The van der Waals surface area contributed by atoms with Crippen molar-refractivity contribution >= 4 is 39.1 Å². The van der Waals surface area contributed by atoms with E-state index in [1.165, 1.54) is 0 Å². The number of hydrogen-bond donors (Lipinski definition) is 1. The Bertz CT molecular complexity index is 575. The lowest BCUT2D eigenvalue weighted by atomic mass is 10.2. The molecule has 0 radical (unpaired) electrons. The molecule has 0 aliphatic heterocycles. The molecule has 0 bridgehead atoms. The first kappa shape index (κ1) is 13.7. The fourth-order valence-corrected chi connectivity index (χ4v) is 2.35. The SMILES string of the molecule is NCc1c(Br)cccc1Oc1cccc(Cl)c1Cl. The van der Waals surface area contributed by atoms with E-state index in [2.05, 4.69) is 15.9 Å². The Kier molecular flexibility index (Phi) is 4.51. The third kappa shape index (κ3) is 2.81. The van der Waals surface area contributed by atoms with Crippen molar-refractivity contribution in [2.75, 3.05) is 0 Å². The van der Waals surface area contributed by atoms with Gasteiger partial charge in [-0.2, -0.15) is 0 Å². The van der Waals surface area contributed by atoms with Crippen molar-refractivity contribution in [3.05, 3.63) is 56.5 Å². The molecule has 0 aliphatic carbocycles. The van der Waals surface area contributed by atoms with E-state index in [1.807, 2.05) is 18.2 Å². The Labute approximate surface area is 124 Å². The molecule has 2 aromatic carbocycles. The summed E-state index contributed by atoms with van der Waals surface area (Å²) in [6, 6.07) is 10.9. The number of rotatable bonds is 3. The molecule has 2 N–H and O–H groups in total. The van der Waals surface area contributed by atoms with Gasteiger partial charge in [0.05, 0.1) is 5.02 Å². The van der Waals surface area contributed by atoms with E-state index in [0.29, 0.717) is 28.1 Å². The average molecular weight is 347 g/mol. The zero-order valence-corrected chi connectivity index (χ0v) is 12.4. The lowest BCUT2D eigenvalue weighted by molar-refractivity contribution is 0.476. The zero-order chi connectivity index (χ0) is 13.1. The second kappa shape index (κ2) is 5.93. The van der Waals surface area contributed by atoms with Crippen LogP contribution in [0.2, 0.25) is 10.0 Å². The minimum absolute atomic E-state index is 0.370. The molecular formula is C13H10BrCl2NO. The molecule has 0 aliphatic rings. The molecule has 0 amide bonds. The maximum atomic E-state index is 6.08. The van der Waals surface area contributed by atoms with E-state index in [4.69, 9.17) is 33.7 Å². The van der Waals surface area contributed by atoms with Gasteiger partial charge in [0.15, 0.2) is 0 Å². The average Bonchev–Trinajstić information content (AvgIpc) is 2.35. The highest BCUT2D eigenvalue weighted by Crippen LogP contribution is 2.37. The van der Waals surface area contributed by atoms with Gasteiger partial charge in [-0.05, 0) is 24.3 Å². The molecule has 0 atom stereocenters. The summed E-state index contributed by atoms with van der Waals surface area (Å²) in [6.07, 6.45) is 0. The molecule has 5 heteroatoms. The van der Waals surface area contributed by atoms with E-state index >= 15 is 0 Å². The molecule has 0 heterocycles. The van der Waals surface area contributed by atoms with Crippen LogP contribution in [0.5, 0.6) is 11.5 Å².